The van der Waals surface area contributed by atoms with Crippen molar-refractivity contribution in [1.82, 2.24) is 9.55 Å². The summed E-state index contributed by atoms with van der Waals surface area (Å²) < 4.78 is 1.06. The van der Waals surface area contributed by atoms with Crippen LogP contribution in [0.1, 0.15) is 18.9 Å². The van der Waals surface area contributed by atoms with Crippen LogP contribution in [0.25, 0.3) is 16.5 Å². The lowest BCUT2D eigenvalue weighted by Crippen LogP contribution is -2.33. The van der Waals surface area contributed by atoms with Crippen molar-refractivity contribution in [2.45, 2.75) is 13.3 Å². The number of nitrogens with zero attached hydrogens (tertiary/aromatic N) is 2. The van der Waals surface area contributed by atoms with Gasteiger partial charge in [-0.15, -0.1) is 0 Å². The number of anilines is 1. The molecule has 0 atom stereocenters. The van der Waals surface area contributed by atoms with E-state index in [2.05, 4.69) is 15.5 Å². The molecule has 3 aromatic carbocycles. The van der Waals surface area contributed by atoms with E-state index in [4.69, 9.17) is 0 Å². The van der Waals surface area contributed by atoms with Crippen molar-refractivity contribution in [3.05, 3.63) is 99.2 Å². The molecule has 0 aliphatic rings. The summed E-state index contributed by atoms with van der Waals surface area (Å²) >= 11 is 0. The molecule has 1 heterocycles. The Morgan fingerprint density at radius 2 is 1.70 bits per heavy atom. The summed E-state index contributed by atoms with van der Waals surface area (Å²) in [5.74, 6) is -0.449. The predicted octanol–water partition coefficient (Wildman–Crippen LogP) is 3.61. The highest BCUT2D eigenvalue weighted by Gasteiger charge is 2.19. The number of para-hydroxylation sites is 1. The van der Waals surface area contributed by atoms with Gasteiger partial charge in [-0.2, -0.15) is 5.10 Å². The summed E-state index contributed by atoms with van der Waals surface area (Å²) in [5.41, 5.74) is 3.08. The minimum atomic E-state index is -0.718. The second-order valence-electron chi connectivity index (χ2n) is 6.68. The van der Waals surface area contributed by atoms with Gasteiger partial charge in [0, 0.05) is 5.39 Å². The molecule has 0 bridgehead atoms. The highest BCUT2D eigenvalue weighted by molar-refractivity contribution is 6.03. The quantitative estimate of drug-likeness (QED) is 0.352. The Morgan fingerprint density at radius 3 is 2.47 bits per heavy atom. The molecular formula is C23H20N4O3. The molecule has 0 aliphatic carbocycles. The summed E-state index contributed by atoms with van der Waals surface area (Å²) in [6.45, 7) is 1.82. The van der Waals surface area contributed by atoms with E-state index < -0.39 is 17.1 Å². The number of aromatic amines is 1. The van der Waals surface area contributed by atoms with E-state index in [-0.39, 0.29) is 5.56 Å². The average molecular weight is 400 g/mol. The first-order valence-corrected chi connectivity index (χ1v) is 9.54. The van der Waals surface area contributed by atoms with Crippen LogP contribution in [0.2, 0.25) is 0 Å². The second kappa shape index (κ2) is 8.08. The molecule has 4 rings (SSSR count). The summed E-state index contributed by atoms with van der Waals surface area (Å²) in [4.78, 5) is 27.1. The molecule has 7 heteroatoms. The standard InChI is InChI=1S/C23H20N4O3/c1-2-18(25-26-19-14-8-10-15-9-6-7-13-17(15)19)20-21(28)24-23(30)27(22(20)29)16-11-4-3-5-12-16/h3-14,26,29H,2H2,1H3,(H,24,28,30)/b25-18+. The Morgan fingerprint density at radius 1 is 1.00 bits per heavy atom. The van der Waals surface area contributed by atoms with E-state index in [9.17, 15) is 14.7 Å². The molecular weight excluding hydrogens is 380 g/mol. The molecule has 0 saturated carbocycles. The number of H-pyrrole nitrogens is 1. The molecule has 150 valence electrons. The second-order valence-corrected chi connectivity index (χ2v) is 6.68. The van der Waals surface area contributed by atoms with Crippen LogP contribution in [0.3, 0.4) is 0 Å². The summed E-state index contributed by atoms with van der Waals surface area (Å²) in [7, 11) is 0. The molecule has 0 spiro atoms. The fourth-order valence-electron chi connectivity index (χ4n) is 3.36. The van der Waals surface area contributed by atoms with Gasteiger partial charge in [-0.3, -0.25) is 15.2 Å². The number of aromatic nitrogens is 2. The molecule has 7 nitrogen and oxygen atoms in total. The minimum absolute atomic E-state index is 0.0475. The molecule has 30 heavy (non-hydrogen) atoms. The number of hydrogen-bond acceptors (Lipinski definition) is 5. The zero-order valence-electron chi connectivity index (χ0n) is 16.3. The molecule has 0 radical (unpaired) electrons. The SMILES string of the molecule is CC/C(=N\Nc1cccc2ccccc12)c1c(O)n(-c2ccccc2)c(=O)[nH]c1=O. The number of fused-ring (bicyclic) bond motifs is 1. The van der Waals surface area contributed by atoms with Gasteiger partial charge < -0.3 is 5.11 Å². The van der Waals surface area contributed by atoms with E-state index in [1.165, 1.54) is 0 Å². The van der Waals surface area contributed by atoms with E-state index in [1.54, 1.807) is 30.3 Å². The van der Waals surface area contributed by atoms with Gasteiger partial charge in [0.05, 0.1) is 17.1 Å². The number of aromatic hydroxyl groups is 1. The van der Waals surface area contributed by atoms with Crippen LogP contribution in [-0.2, 0) is 0 Å². The summed E-state index contributed by atoms with van der Waals surface area (Å²) in [5, 5.41) is 17.2. The topological polar surface area (TPSA) is 99.5 Å². The van der Waals surface area contributed by atoms with E-state index in [1.807, 2.05) is 49.4 Å². The zero-order chi connectivity index (χ0) is 21.1. The van der Waals surface area contributed by atoms with Gasteiger partial charge in [0.1, 0.15) is 5.56 Å². The lowest BCUT2D eigenvalue weighted by molar-refractivity contribution is 0.429. The Bertz CT molecular complexity index is 1350. The largest absolute Gasteiger partial charge is 0.493 e. The molecule has 0 saturated heterocycles. The van der Waals surface area contributed by atoms with Crippen molar-refractivity contribution in [2.75, 3.05) is 5.43 Å². The van der Waals surface area contributed by atoms with Crippen molar-refractivity contribution in [2.24, 2.45) is 5.10 Å². The fraction of sp³-hybridized carbons (Fsp3) is 0.0870. The Balaban J connectivity index is 1.82. The van der Waals surface area contributed by atoms with Crippen molar-refractivity contribution >= 4 is 22.2 Å². The van der Waals surface area contributed by atoms with Gasteiger partial charge in [-0.1, -0.05) is 61.5 Å². The molecule has 0 unspecified atom stereocenters. The average Bonchev–Trinajstić information content (AvgIpc) is 2.76. The maximum Gasteiger partial charge on any atom is 0.335 e. The van der Waals surface area contributed by atoms with Crippen LogP contribution in [-0.4, -0.2) is 20.4 Å². The van der Waals surface area contributed by atoms with Crippen LogP contribution >= 0.6 is 0 Å². The zero-order valence-corrected chi connectivity index (χ0v) is 16.3. The number of rotatable bonds is 5. The van der Waals surface area contributed by atoms with Crippen LogP contribution in [0.4, 0.5) is 5.69 Å². The van der Waals surface area contributed by atoms with Crippen molar-refractivity contribution in [1.29, 1.82) is 0 Å². The van der Waals surface area contributed by atoms with Crippen molar-refractivity contribution in [3.8, 4) is 11.6 Å². The highest BCUT2D eigenvalue weighted by atomic mass is 16.3. The molecule has 0 amide bonds. The first-order chi connectivity index (χ1) is 14.6. The van der Waals surface area contributed by atoms with Crippen molar-refractivity contribution in [3.63, 3.8) is 0 Å². The van der Waals surface area contributed by atoms with Crippen LogP contribution in [0.5, 0.6) is 5.88 Å². The maximum absolute atomic E-state index is 12.5. The number of nitrogens with one attached hydrogen (secondary N) is 2. The third-order valence-corrected chi connectivity index (χ3v) is 4.82. The summed E-state index contributed by atoms with van der Waals surface area (Å²) in [6.07, 6.45) is 0.362. The molecule has 3 N–H and O–H groups in total. The fourth-order valence-corrected chi connectivity index (χ4v) is 3.36. The van der Waals surface area contributed by atoms with Gasteiger partial charge in [-0.25, -0.2) is 9.36 Å². The molecule has 1 aromatic heterocycles. The smallest absolute Gasteiger partial charge is 0.335 e. The van der Waals surface area contributed by atoms with Gasteiger partial charge in [0.25, 0.3) is 5.56 Å². The van der Waals surface area contributed by atoms with Gasteiger partial charge in [0.15, 0.2) is 0 Å². The lowest BCUT2D eigenvalue weighted by atomic mass is 10.1. The van der Waals surface area contributed by atoms with E-state index in [0.717, 1.165) is 21.0 Å². The molecule has 0 fully saturated rings. The van der Waals surface area contributed by atoms with E-state index in [0.29, 0.717) is 17.8 Å². The first kappa shape index (κ1) is 19.2. The Labute approximate surface area is 172 Å². The number of hydrogen-bond donors (Lipinski definition) is 3. The summed E-state index contributed by atoms with van der Waals surface area (Å²) in [6, 6.07) is 22.3. The van der Waals surface area contributed by atoms with Gasteiger partial charge >= 0.3 is 5.69 Å². The van der Waals surface area contributed by atoms with Crippen LogP contribution < -0.4 is 16.7 Å². The maximum atomic E-state index is 12.5. The van der Waals surface area contributed by atoms with Crippen LogP contribution in [0.15, 0.2) is 87.5 Å². The monoisotopic (exact) mass is 400 g/mol. The first-order valence-electron chi connectivity index (χ1n) is 9.54. The highest BCUT2D eigenvalue weighted by Crippen LogP contribution is 2.24. The Kier molecular flexibility index (Phi) is 5.17. The van der Waals surface area contributed by atoms with E-state index >= 15 is 0 Å². The van der Waals surface area contributed by atoms with Gasteiger partial charge in [-0.05, 0) is 30.0 Å². The third-order valence-electron chi connectivity index (χ3n) is 4.82. The predicted molar refractivity (Wildman–Crippen MR) is 119 cm³/mol. The lowest BCUT2D eigenvalue weighted by Gasteiger charge is -2.13. The number of hydrazone groups is 1. The minimum Gasteiger partial charge on any atom is -0.493 e. The molecule has 0 aliphatic heterocycles. The van der Waals surface area contributed by atoms with Gasteiger partial charge in [0.2, 0.25) is 5.88 Å². The van der Waals surface area contributed by atoms with Crippen molar-refractivity contribution < 1.29 is 5.11 Å². The Hall–Kier alpha value is -4.13. The number of benzene rings is 3. The molecule has 4 aromatic rings. The normalized spacial score (nSPS) is 11.6. The van der Waals surface area contributed by atoms with Crippen LogP contribution in [0, 0.1) is 0 Å². The third kappa shape index (κ3) is 3.48.